The van der Waals surface area contributed by atoms with Gasteiger partial charge in [-0.3, -0.25) is 9.69 Å². The zero-order valence-corrected chi connectivity index (χ0v) is 12.3. The molecule has 4 nitrogen and oxygen atoms in total. The van der Waals surface area contributed by atoms with Gasteiger partial charge in [-0.1, -0.05) is 12.1 Å². The number of thioether (sulfide) groups is 1. The van der Waals surface area contributed by atoms with E-state index >= 15 is 0 Å². The van der Waals surface area contributed by atoms with Crippen molar-refractivity contribution in [3.8, 4) is 11.5 Å². The molecule has 6 heteroatoms. The van der Waals surface area contributed by atoms with E-state index in [-0.39, 0.29) is 23.9 Å². The predicted octanol–water partition coefficient (Wildman–Crippen LogP) is 3.33. The van der Waals surface area contributed by atoms with Gasteiger partial charge in [-0.25, -0.2) is 4.39 Å². The van der Waals surface area contributed by atoms with Gasteiger partial charge in [-0.15, -0.1) is 11.8 Å². The second-order valence-corrected chi connectivity index (χ2v) is 6.09. The van der Waals surface area contributed by atoms with Crippen LogP contribution in [0.25, 0.3) is 0 Å². The molecule has 2 aliphatic rings. The molecule has 2 aliphatic heterocycles. The maximum atomic E-state index is 13.5. The van der Waals surface area contributed by atoms with Crippen LogP contribution in [0, 0.1) is 5.82 Å². The second kappa shape index (κ2) is 5.21. The lowest BCUT2D eigenvalue weighted by atomic mass is 10.1. The molecular formula is C16H12FNO3S. The standard InChI is InChI=1S/C16H12FNO3S/c17-11-2-1-3-12(7-11)18-15(19)8-22-16(18)10-4-5-13-14(6-10)21-9-20-13/h1-7,16H,8-9H2/t16-/m0/s1. The average molecular weight is 317 g/mol. The number of benzene rings is 2. The fourth-order valence-electron chi connectivity index (χ4n) is 2.64. The third-order valence-electron chi connectivity index (χ3n) is 3.64. The fourth-order valence-corrected chi connectivity index (χ4v) is 3.81. The minimum Gasteiger partial charge on any atom is -0.454 e. The molecule has 1 atom stereocenters. The highest BCUT2D eigenvalue weighted by Gasteiger charge is 2.35. The molecule has 22 heavy (non-hydrogen) atoms. The lowest BCUT2D eigenvalue weighted by molar-refractivity contribution is -0.115. The molecule has 0 spiro atoms. The summed E-state index contributed by atoms with van der Waals surface area (Å²) in [4.78, 5) is 13.9. The number of amides is 1. The maximum absolute atomic E-state index is 13.5. The van der Waals surface area contributed by atoms with Crippen LogP contribution in [0.1, 0.15) is 10.9 Å². The molecule has 2 heterocycles. The van der Waals surface area contributed by atoms with Gasteiger partial charge in [0.15, 0.2) is 11.5 Å². The Morgan fingerprint density at radius 1 is 1.14 bits per heavy atom. The van der Waals surface area contributed by atoms with Crippen LogP contribution in [0.3, 0.4) is 0 Å². The van der Waals surface area contributed by atoms with Crippen LogP contribution in [0.4, 0.5) is 10.1 Å². The number of hydrogen-bond donors (Lipinski definition) is 0. The quantitative estimate of drug-likeness (QED) is 0.851. The molecular weight excluding hydrogens is 305 g/mol. The minimum atomic E-state index is -0.355. The molecule has 0 saturated carbocycles. The number of halogens is 1. The summed E-state index contributed by atoms with van der Waals surface area (Å²) in [5.74, 6) is 1.37. The highest BCUT2D eigenvalue weighted by molar-refractivity contribution is 8.00. The van der Waals surface area contributed by atoms with Crippen molar-refractivity contribution in [1.29, 1.82) is 0 Å². The zero-order valence-electron chi connectivity index (χ0n) is 11.5. The van der Waals surface area contributed by atoms with Crippen LogP contribution in [0.15, 0.2) is 42.5 Å². The Hall–Kier alpha value is -2.21. The van der Waals surface area contributed by atoms with Gasteiger partial charge in [-0.2, -0.15) is 0 Å². The first-order chi connectivity index (χ1) is 10.7. The third kappa shape index (κ3) is 2.20. The second-order valence-electron chi connectivity index (χ2n) is 5.02. The first-order valence-electron chi connectivity index (χ1n) is 6.81. The molecule has 0 aromatic heterocycles. The van der Waals surface area contributed by atoms with Gasteiger partial charge in [0.2, 0.25) is 12.7 Å². The predicted molar refractivity (Wildman–Crippen MR) is 81.7 cm³/mol. The minimum absolute atomic E-state index is 0.0294. The summed E-state index contributed by atoms with van der Waals surface area (Å²) in [5.41, 5.74) is 1.50. The first kappa shape index (κ1) is 13.5. The SMILES string of the molecule is O=C1CS[C@@H](c2ccc3c(c2)OCO3)N1c1cccc(F)c1. The number of carbonyl (C=O) groups excluding carboxylic acids is 1. The summed E-state index contributed by atoms with van der Waals surface area (Å²) in [6, 6.07) is 11.7. The van der Waals surface area contributed by atoms with E-state index in [4.69, 9.17) is 9.47 Å². The first-order valence-corrected chi connectivity index (χ1v) is 7.86. The maximum Gasteiger partial charge on any atom is 0.238 e. The normalized spacial score (nSPS) is 19.8. The molecule has 0 N–H and O–H groups in total. The number of hydrogen-bond acceptors (Lipinski definition) is 4. The number of anilines is 1. The van der Waals surface area contributed by atoms with Crippen molar-refractivity contribution in [1.82, 2.24) is 0 Å². The van der Waals surface area contributed by atoms with Crippen LogP contribution >= 0.6 is 11.8 Å². The number of carbonyl (C=O) groups is 1. The Kier molecular flexibility index (Phi) is 3.18. The lowest BCUT2D eigenvalue weighted by Gasteiger charge is -2.24. The van der Waals surface area contributed by atoms with Crippen LogP contribution in [0.2, 0.25) is 0 Å². The van der Waals surface area contributed by atoms with Gasteiger partial charge < -0.3 is 9.47 Å². The number of nitrogens with zero attached hydrogens (tertiary/aromatic N) is 1. The van der Waals surface area contributed by atoms with Crippen molar-refractivity contribution in [2.24, 2.45) is 0 Å². The van der Waals surface area contributed by atoms with E-state index in [2.05, 4.69) is 0 Å². The van der Waals surface area contributed by atoms with Gasteiger partial charge >= 0.3 is 0 Å². The summed E-state index contributed by atoms with van der Waals surface area (Å²) in [6.07, 6.45) is 0. The smallest absolute Gasteiger partial charge is 0.238 e. The largest absolute Gasteiger partial charge is 0.454 e. The summed E-state index contributed by atoms with van der Waals surface area (Å²) in [5, 5.41) is -0.191. The van der Waals surface area contributed by atoms with Crippen LogP contribution in [-0.4, -0.2) is 18.5 Å². The van der Waals surface area contributed by atoms with Gasteiger partial charge in [0, 0.05) is 5.69 Å². The molecule has 0 radical (unpaired) electrons. The van der Waals surface area contributed by atoms with Crippen molar-refractivity contribution >= 4 is 23.4 Å². The lowest BCUT2D eigenvalue weighted by Crippen LogP contribution is -2.27. The molecule has 2 aromatic carbocycles. The summed E-state index contributed by atoms with van der Waals surface area (Å²) in [6.45, 7) is 0.211. The third-order valence-corrected chi connectivity index (χ3v) is 4.85. The molecule has 2 aromatic rings. The monoisotopic (exact) mass is 317 g/mol. The van der Waals surface area contributed by atoms with Crippen LogP contribution in [0.5, 0.6) is 11.5 Å². The zero-order chi connectivity index (χ0) is 15.1. The van der Waals surface area contributed by atoms with Crippen molar-refractivity contribution in [2.75, 3.05) is 17.4 Å². The molecule has 0 unspecified atom stereocenters. The van der Waals surface area contributed by atoms with E-state index in [1.165, 1.54) is 23.9 Å². The number of ether oxygens (including phenoxy) is 2. The molecule has 0 aliphatic carbocycles. The number of rotatable bonds is 2. The van der Waals surface area contributed by atoms with E-state index in [1.54, 1.807) is 17.0 Å². The number of fused-ring (bicyclic) bond motifs is 1. The summed E-state index contributed by atoms with van der Waals surface area (Å²) < 4.78 is 24.2. The van der Waals surface area contributed by atoms with Crippen molar-refractivity contribution in [2.45, 2.75) is 5.37 Å². The molecule has 1 saturated heterocycles. The molecule has 4 rings (SSSR count). The average Bonchev–Trinajstić information content (AvgIpc) is 3.12. The summed E-state index contributed by atoms with van der Waals surface area (Å²) >= 11 is 1.52. The van der Waals surface area contributed by atoms with E-state index < -0.39 is 0 Å². The molecule has 112 valence electrons. The van der Waals surface area contributed by atoms with E-state index in [1.807, 2.05) is 18.2 Å². The topological polar surface area (TPSA) is 38.8 Å². The Morgan fingerprint density at radius 3 is 2.86 bits per heavy atom. The Bertz CT molecular complexity index is 752. The van der Waals surface area contributed by atoms with Crippen LogP contribution in [-0.2, 0) is 4.79 Å². The van der Waals surface area contributed by atoms with E-state index in [0.29, 0.717) is 22.9 Å². The van der Waals surface area contributed by atoms with Gasteiger partial charge in [0.1, 0.15) is 11.2 Å². The van der Waals surface area contributed by atoms with Crippen molar-refractivity contribution in [3.63, 3.8) is 0 Å². The van der Waals surface area contributed by atoms with E-state index in [9.17, 15) is 9.18 Å². The molecule has 1 amide bonds. The highest BCUT2D eigenvalue weighted by atomic mass is 32.2. The molecule has 0 bridgehead atoms. The Balaban J connectivity index is 1.72. The summed E-state index contributed by atoms with van der Waals surface area (Å²) in [7, 11) is 0. The molecule has 1 fully saturated rings. The highest BCUT2D eigenvalue weighted by Crippen LogP contribution is 2.44. The Morgan fingerprint density at radius 2 is 2.00 bits per heavy atom. The van der Waals surface area contributed by atoms with Gasteiger partial charge in [-0.05, 0) is 35.9 Å². The van der Waals surface area contributed by atoms with Crippen LogP contribution < -0.4 is 14.4 Å². The van der Waals surface area contributed by atoms with Gasteiger partial charge in [0.25, 0.3) is 0 Å². The fraction of sp³-hybridized carbons (Fsp3) is 0.188. The Labute approximate surface area is 130 Å². The van der Waals surface area contributed by atoms with Gasteiger partial charge in [0.05, 0.1) is 5.75 Å². The van der Waals surface area contributed by atoms with E-state index in [0.717, 1.165) is 5.56 Å². The van der Waals surface area contributed by atoms with Crippen molar-refractivity contribution < 1.29 is 18.7 Å². The van der Waals surface area contributed by atoms with Crippen molar-refractivity contribution in [3.05, 3.63) is 53.8 Å².